The van der Waals surface area contributed by atoms with Crippen LogP contribution in [0.3, 0.4) is 0 Å². The quantitative estimate of drug-likeness (QED) is 0.582. The molecule has 0 N–H and O–H groups in total. The predicted molar refractivity (Wildman–Crippen MR) is 93.9 cm³/mol. The molecule has 3 aromatic carbocycles. The monoisotopic (exact) mass is 367 g/mol. The Morgan fingerprint density at radius 2 is 1.37 bits per heavy atom. The number of halogens is 3. The average Bonchev–Trinajstić information content (AvgIpc) is 3.06. The Bertz CT molecular complexity index is 1110. The highest BCUT2D eigenvalue weighted by Gasteiger charge is 2.37. The van der Waals surface area contributed by atoms with Crippen LogP contribution in [0.25, 0.3) is 10.8 Å². The van der Waals surface area contributed by atoms with Gasteiger partial charge in [-0.05, 0) is 59.7 Å². The van der Waals surface area contributed by atoms with E-state index in [1.807, 2.05) is 12.1 Å². The van der Waals surface area contributed by atoms with Gasteiger partial charge in [0.2, 0.25) is 0 Å². The van der Waals surface area contributed by atoms with Crippen LogP contribution in [0.1, 0.15) is 37.4 Å². The lowest BCUT2D eigenvalue weighted by atomic mass is 9.91. The summed E-state index contributed by atoms with van der Waals surface area (Å²) in [6.45, 7) is 0. The first-order valence-corrected chi connectivity index (χ1v) is 8.50. The van der Waals surface area contributed by atoms with E-state index in [2.05, 4.69) is 0 Å². The summed E-state index contributed by atoms with van der Waals surface area (Å²) in [6.07, 6.45) is -2.84. The third-order valence-corrected chi connectivity index (χ3v) is 5.30. The van der Waals surface area contributed by atoms with E-state index in [0.29, 0.717) is 16.5 Å². The van der Waals surface area contributed by atoms with Gasteiger partial charge in [-0.15, -0.1) is 0 Å². The fraction of sp³-hybridized carbons (Fsp3) is 0.143. The number of amides is 2. The average molecular weight is 367 g/mol. The third-order valence-electron chi connectivity index (χ3n) is 5.30. The normalized spacial score (nSPS) is 15.7. The standard InChI is InChI=1S/C21H12F3NO2/c22-21(23,24)13-2-1-3-14(10-13)25-19(26)15-8-6-11-4-5-12-7-9-16(20(25)27)18(15)17(11)12/h1-3,6-10H,4-5H2. The lowest BCUT2D eigenvalue weighted by molar-refractivity contribution is -0.137. The van der Waals surface area contributed by atoms with Gasteiger partial charge in [-0.1, -0.05) is 18.2 Å². The molecule has 2 aliphatic rings. The minimum atomic E-state index is -4.56. The van der Waals surface area contributed by atoms with Crippen molar-refractivity contribution in [3.63, 3.8) is 0 Å². The van der Waals surface area contributed by atoms with E-state index in [9.17, 15) is 22.8 Å². The van der Waals surface area contributed by atoms with Gasteiger partial charge >= 0.3 is 6.18 Å². The van der Waals surface area contributed by atoms with Crippen molar-refractivity contribution >= 4 is 28.3 Å². The van der Waals surface area contributed by atoms with Crippen LogP contribution in [0, 0.1) is 0 Å². The number of hydrogen-bond acceptors (Lipinski definition) is 2. The summed E-state index contributed by atoms with van der Waals surface area (Å²) in [5.74, 6) is -1.19. The molecule has 0 fully saturated rings. The van der Waals surface area contributed by atoms with Gasteiger partial charge < -0.3 is 0 Å². The Morgan fingerprint density at radius 3 is 1.93 bits per heavy atom. The molecular weight excluding hydrogens is 355 g/mol. The van der Waals surface area contributed by atoms with Crippen molar-refractivity contribution in [2.24, 2.45) is 0 Å². The van der Waals surface area contributed by atoms with Crippen LogP contribution < -0.4 is 4.90 Å². The molecule has 0 spiro atoms. The maximum Gasteiger partial charge on any atom is 0.416 e. The molecular formula is C21H12F3NO2. The van der Waals surface area contributed by atoms with Crippen LogP contribution in [0.2, 0.25) is 0 Å². The number of alkyl halides is 3. The van der Waals surface area contributed by atoms with Crippen molar-refractivity contribution < 1.29 is 22.8 Å². The summed E-state index contributed by atoms with van der Waals surface area (Å²) in [6, 6.07) is 11.4. The third kappa shape index (κ3) is 2.16. The van der Waals surface area contributed by atoms with Crippen LogP contribution in [0.15, 0.2) is 48.5 Å². The molecule has 2 amide bonds. The van der Waals surface area contributed by atoms with E-state index >= 15 is 0 Å². The zero-order valence-corrected chi connectivity index (χ0v) is 13.9. The van der Waals surface area contributed by atoms with Crippen LogP contribution >= 0.6 is 0 Å². The Hall–Kier alpha value is -3.15. The zero-order valence-electron chi connectivity index (χ0n) is 13.9. The van der Waals surface area contributed by atoms with Crippen LogP contribution in [0.5, 0.6) is 0 Å². The molecule has 0 unspecified atom stereocenters. The molecule has 0 atom stereocenters. The van der Waals surface area contributed by atoms with E-state index in [1.54, 1.807) is 12.1 Å². The lowest BCUT2D eigenvalue weighted by Gasteiger charge is -2.28. The molecule has 3 nitrogen and oxygen atoms in total. The first-order chi connectivity index (χ1) is 12.9. The zero-order chi connectivity index (χ0) is 18.9. The molecule has 3 aromatic rings. The highest BCUT2D eigenvalue weighted by Crippen LogP contribution is 2.40. The largest absolute Gasteiger partial charge is 0.416 e. The molecule has 1 heterocycles. The predicted octanol–water partition coefficient (Wildman–Crippen LogP) is 4.76. The van der Waals surface area contributed by atoms with Gasteiger partial charge in [-0.3, -0.25) is 9.59 Å². The summed E-state index contributed by atoms with van der Waals surface area (Å²) >= 11 is 0. The number of imide groups is 1. The fourth-order valence-electron chi connectivity index (χ4n) is 4.07. The number of carbonyl (C=O) groups is 2. The first-order valence-electron chi connectivity index (χ1n) is 8.50. The van der Waals surface area contributed by atoms with Gasteiger partial charge in [0.05, 0.1) is 11.3 Å². The van der Waals surface area contributed by atoms with Gasteiger partial charge in [0.25, 0.3) is 11.8 Å². The second kappa shape index (κ2) is 5.19. The highest BCUT2D eigenvalue weighted by atomic mass is 19.4. The van der Waals surface area contributed by atoms with E-state index < -0.39 is 23.6 Å². The molecule has 6 heteroatoms. The topological polar surface area (TPSA) is 37.4 Å². The molecule has 0 radical (unpaired) electrons. The minimum absolute atomic E-state index is 0.0818. The molecule has 0 bridgehead atoms. The molecule has 1 aliphatic carbocycles. The Balaban J connectivity index is 1.73. The van der Waals surface area contributed by atoms with E-state index in [4.69, 9.17) is 0 Å². The number of hydrogen-bond donors (Lipinski definition) is 0. The van der Waals surface area contributed by atoms with E-state index in [-0.39, 0.29) is 5.69 Å². The molecule has 134 valence electrons. The number of benzene rings is 3. The maximum absolute atomic E-state index is 13.1. The van der Waals surface area contributed by atoms with Crippen LogP contribution in [0.4, 0.5) is 18.9 Å². The molecule has 1 aliphatic heterocycles. The van der Waals surface area contributed by atoms with Crippen molar-refractivity contribution in [1.82, 2.24) is 0 Å². The highest BCUT2D eigenvalue weighted by molar-refractivity contribution is 6.36. The number of aryl methyl sites for hydroxylation is 2. The SMILES string of the molecule is O=C1c2ccc3c4c(ccc(c24)C(=O)N1c1cccc(C(F)(F)F)c1)CC3. The van der Waals surface area contributed by atoms with Gasteiger partial charge in [0, 0.05) is 16.5 Å². The molecule has 0 saturated heterocycles. The van der Waals surface area contributed by atoms with Crippen molar-refractivity contribution in [3.8, 4) is 0 Å². The van der Waals surface area contributed by atoms with Gasteiger partial charge in [0.1, 0.15) is 0 Å². The first kappa shape index (κ1) is 16.1. The Morgan fingerprint density at radius 1 is 0.778 bits per heavy atom. The summed E-state index contributed by atoms with van der Waals surface area (Å²) in [5, 5.41) is 1.57. The van der Waals surface area contributed by atoms with Crippen molar-refractivity contribution in [3.05, 3.63) is 76.3 Å². The van der Waals surface area contributed by atoms with Crippen molar-refractivity contribution in [2.75, 3.05) is 4.90 Å². The van der Waals surface area contributed by atoms with Gasteiger partial charge in [0.15, 0.2) is 0 Å². The summed E-state index contributed by atoms with van der Waals surface area (Å²) in [7, 11) is 0. The number of anilines is 1. The second-order valence-corrected chi connectivity index (χ2v) is 6.79. The smallest absolute Gasteiger partial charge is 0.268 e. The van der Waals surface area contributed by atoms with Gasteiger partial charge in [-0.2, -0.15) is 13.2 Å². The van der Waals surface area contributed by atoms with E-state index in [1.165, 1.54) is 12.1 Å². The number of nitrogens with zero attached hydrogens (tertiary/aromatic N) is 1. The number of carbonyl (C=O) groups excluding carboxylic acids is 2. The molecule has 5 rings (SSSR count). The van der Waals surface area contributed by atoms with E-state index in [0.717, 1.165) is 46.4 Å². The van der Waals surface area contributed by atoms with Crippen molar-refractivity contribution in [2.45, 2.75) is 19.0 Å². The Kier molecular flexibility index (Phi) is 3.09. The maximum atomic E-state index is 13.1. The Labute approximate surface area is 152 Å². The summed E-state index contributed by atoms with van der Waals surface area (Å²) < 4.78 is 39.2. The molecule has 0 saturated carbocycles. The summed E-state index contributed by atoms with van der Waals surface area (Å²) in [5.41, 5.74) is 1.91. The summed E-state index contributed by atoms with van der Waals surface area (Å²) in [4.78, 5) is 26.9. The lowest BCUT2D eigenvalue weighted by Crippen LogP contribution is -2.40. The van der Waals surface area contributed by atoms with Gasteiger partial charge in [-0.25, -0.2) is 4.90 Å². The number of rotatable bonds is 1. The second-order valence-electron chi connectivity index (χ2n) is 6.79. The van der Waals surface area contributed by atoms with Crippen molar-refractivity contribution in [1.29, 1.82) is 0 Å². The van der Waals surface area contributed by atoms with Crippen LogP contribution in [-0.4, -0.2) is 11.8 Å². The fourth-order valence-corrected chi connectivity index (χ4v) is 4.07. The minimum Gasteiger partial charge on any atom is -0.268 e. The molecule has 0 aromatic heterocycles. The molecule has 27 heavy (non-hydrogen) atoms. The van der Waals surface area contributed by atoms with Crippen LogP contribution in [-0.2, 0) is 19.0 Å².